The van der Waals surface area contributed by atoms with Gasteiger partial charge in [-0.05, 0) is 44.0 Å². The van der Waals surface area contributed by atoms with E-state index < -0.39 is 23.4 Å². The van der Waals surface area contributed by atoms with Crippen molar-refractivity contribution in [3.8, 4) is 11.3 Å². The number of nitrogens with one attached hydrogen (secondary N) is 2. The van der Waals surface area contributed by atoms with Crippen LogP contribution in [-0.2, 0) is 18.0 Å². The number of halogens is 4. The molecule has 3 aliphatic rings. The summed E-state index contributed by atoms with van der Waals surface area (Å²) in [5, 5.41) is 20.1. The van der Waals surface area contributed by atoms with E-state index in [-0.39, 0.29) is 64.1 Å². The first-order valence-electron chi connectivity index (χ1n) is 15.1. The summed E-state index contributed by atoms with van der Waals surface area (Å²) in [7, 11) is 1.45. The zero-order valence-electron chi connectivity index (χ0n) is 25.1. The lowest BCUT2D eigenvalue weighted by Crippen LogP contribution is -2.56. The number of piperazine rings is 1. The maximum absolute atomic E-state index is 13.7. The number of amides is 2. The largest absolute Gasteiger partial charge is 0.435 e. The number of benzene rings is 1. The van der Waals surface area contributed by atoms with Crippen LogP contribution in [0.3, 0.4) is 0 Å². The standard InChI is InChI=1S/C30H34ClF3N8O4/c1-39-23(21-16-42(19-3-4-19)38-25(21)30(32,33)34)15-36-26(39)27(44)37-18-2-5-20(22(31)14-18)24(43)6-9-40-10-12-41(13-11-40)28(45)29(46)7-8-35-17-29/h2,5,14-16,19,35,46H,3-4,6-13,17H2,1H3,(H,37,44). The SMILES string of the molecule is Cn1c(-c2cn(C3CC3)nc2C(F)(F)F)cnc1C(=O)Nc1ccc(C(=O)CCN2CCN(C(=O)C3(O)CCNC3)CC2)c(Cl)c1. The molecule has 3 aromatic rings. The minimum atomic E-state index is -4.68. The summed E-state index contributed by atoms with van der Waals surface area (Å²) < 4.78 is 43.8. The van der Waals surface area contributed by atoms with E-state index in [1.165, 1.54) is 46.9 Å². The molecule has 2 saturated heterocycles. The van der Waals surface area contributed by atoms with E-state index >= 15 is 0 Å². The Balaban J connectivity index is 1.04. The molecule has 0 bridgehead atoms. The summed E-state index contributed by atoms with van der Waals surface area (Å²) in [6.07, 6.45) is -0.0130. The van der Waals surface area contributed by atoms with Gasteiger partial charge in [-0.25, -0.2) is 4.98 Å². The minimum absolute atomic E-state index is 0.0621. The number of rotatable bonds is 9. The second-order valence-electron chi connectivity index (χ2n) is 12.0. The molecule has 6 rings (SSSR count). The van der Waals surface area contributed by atoms with E-state index in [1.807, 2.05) is 0 Å². The molecule has 1 unspecified atom stereocenters. The monoisotopic (exact) mass is 662 g/mol. The Hall–Kier alpha value is -3.79. The molecular weight excluding hydrogens is 629 g/mol. The Labute approximate surface area is 267 Å². The third kappa shape index (κ3) is 6.54. The van der Waals surface area contributed by atoms with Crippen molar-refractivity contribution in [1.29, 1.82) is 0 Å². The molecule has 1 saturated carbocycles. The van der Waals surface area contributed by atoms with Gasteiger partial charge < -0.3 is 25.2 Å². The summed E-state index contributed by atoms with van der Waals surface area (Å²) >= 11 is 6.42. The van der Waals surface area contributed by atoms with Crippen LogP contribution in [-0.4, -0.2) is 103 Å². The number of aliphatic hydroxyl groups is 1. The summed E-state index contributed by atoms with van der Waals surface area (Å²) in [4.78, 5) is 46.6. The summed E-state index contributed by atoms with van der Waals surface area (Å²) in [6, 6.07) is 4.41. The van der Waals surface area contributed by atoms with Gasteiger partial charge in [0.25, 0.3) is 11.8 Å². The second-order valence-corrected chi connectivity index (χ2v) is 12.4. The van der Waals surface area contributed by atoms with Gasteiger partial charge in [0.05, 0.1) is 28.5 Å². The van der Waals surface area contributed by atoms with Crippen LogP contribution in [0.5, 0.6) is 0 Å². The average molecular weight is 663 g/mol. The van der Waals surface area contributed by atoms with Crippen molar-refractivity contribution in [2.45, 2.75) is 43.5 Å². The topological polar surface area (TPSA) is 138 Å². The van der Waals surface area contributed by atoms with Crippen molar-refractivity contribution < 1.29 is 32.7 Å². The quantitative estimate of drug-likeness (QED) is 0.298. The number of hydrogen-bond acceptors (Lipinski definition) is 8. The zero-order chi connectivity index (χ0) is 32.8. The Bertz CT molecular complexity index is 1650. The molecule has 1 aliphatic carbocycles. The van der Waals surface area contributed by atoms with E-state index in [0.29, 0.717) is 45.7 Å². The molecule has 1 atom stereocenters. The van der Waals surface area contributed by atoms with Gasteiger partial charge in [0.1, 0.15) is 0 Å². The third-order valence-corrected chi connectivity index (χ3v) is 9.07. The third-order valence-electron chi connectivity index (χ3n) is 8.76. The van der Waals surface area contributed by atoms with Crippen LogP contribution < -0.4 is 10.6 Å². The molecular formula is C30H34ClF3N8O4. The van der Waals surface area contributed by atoms with Gasteiger partial charge in [-0.1, -0.05) is 11.6 Å². The molecule has 16 heteroatoms. The van der Waals surface area contributed by atoms with Crippen molar-refractivity contribution in [3.05, 3.63) is 52.7 Å². The lowest BCUT2D eigenvalue weighted by Gasteiger charge is -2.37. The zero-order valence-corrected chi connectivity index (χ0v) is 25.9. The number of aromatic nitrogens is 4. The highest BCUT2D eigenvalue weighted by Gasteiger charge is 2.43. The predicted molar refractivity (Wildman–Crippen MR) is 162 cm³/mol. The average Bonchev–Trinajstić information content (AvgIpc) is 3.40. The van der Waals surface area contributed by atoms with Crippen molar-refractivity contribution in [1.82, 2.24) is 34.4 Å². The number of hydrogen-bond donors (Lipinski definition) is 3. The molecule has 2 aromatic heterocycles. The highest BCUT2D eigenvalue weighted by Crippen LogP contribution is 2.41. The fourth-order valence-electron chi connectivity index (χ4n) is 5.92. The Morgan fingerprint density at radius 1 is 1.17 bits per heavy atom. The highest BCUT2D eigenvalue weighted by molar-refractivity contribution is 6.34. The first-order chi connectivity index (χ1) is 21.8. The lowest BCUT2D eigenvalue weighted by molar-refractivity contribution is -0.151. The van der Waals surface area contributed by atoms with Gasteiger partial charge in [0.2, 0.25) is 0 Å². The normalized spacial score (nSPS) is 20.7. The molecule has 246 valence electrons. The molecule has 2 amide bonds. The van der Waals surface area contributed by atoms with Crippen molar-refractivity contribution >= 4 is 34.9 Å². The molecule has 4 heterocycles. The smallest absolute Gasteiger partial charge is 0.379 e. The van der Waals surface area contributed by atoms with Crippen LogP contribution in [0, 0.1) is 0 Å². The number of anilines is 1. The first-order valence-corrected chi connectivity index (χ1v) is 15.5. The second kappa shape index (κ2) is 12.4. The number of alkyl halides is 3. The van der Waals surface area contributed by atoms with Gasteiger partial charge in [-0.2, -0.15) is 18.3 Å². The van der Waals surface area contributed by atoms with Gasteiger partial charge >= 0.3 is 6.18 Å². The van der Waals surface area contributed by atoms with Crippen molar-refractivity contribution in [2.24, 2.45) is 7.05 Å². The number of Topliss-reactive ketones (excluding diaryl/α,β-unsaturated/α-hetero) is 1. The number of ketones is 1. The van der Waals surface area contributed by atoms with Gasteiger partial charge in [0.15, 0.2) is 22.9 Å². The Morgan fingerprint density at radius 3 is 2.54 bits per heavy atom. The van der Waals surface area contributed by atoms with E-state index in [1.54, 1.807) is 4.90 Å². The van der Waals surface area contributed by atoms with Gasteiger partial charge in [-0.3, -0.25) is 24.0 Å². The van der Waals surface area contributed by atoms with E-state index in [2.05, 4.69) is 25.6 Å². The molecule has 3 N–H and O–H groups in total. The number of β-amino-alcohol motifs (C(OH)–C–C–N with tert-alkyl or cyclic N) is 1. The van der Waals surface area contributed by atoms with Crippen LogP contribution in [0.15, 0.2) is 30.6 Å². The van der Waals surface area contributed by atoms with Crippen molar-refractivity contribution in [3.63, 3.8) is 0 Å². The fraction of sp³-hybridized carbons (Fsp3) is 0.500. The lowest BCUT2D eigenvalue weighted by atomic mass is 10.0. The van der Waals surface area contributed by atoms with Crippen LogP contribution in [0.1, 0.15) is 58.4 Å². The van der Waals surface area contributed by atoms with Crippen molar-refractivity contribution in [2.75, 3.05) is 51.1 Å². The molecule has 2 aliphatic heterocycles. The number of imidazole rings is 1. The van der Waals surface area contributed by atoms with Crippen LogP contribution >= 0.6 is 11.6 Å². The highest BCUT2D eigenvalue weighted by atomic mass is 35.5. The fourth-order valence-corrected chi connectivity index (χ4v) is 6.20. The summed E-state index contributed by atoms with van der Waals surface area (Å²) in [6.45, 7) is 3.43. The number of carbonyl (C=O) groups is 3. The molecule has 0 radical (unpaired) electrons. The molecule has 12 nitrogen and oxygen atoms in total. The van der Waals surface area contributed by atoms with Crippen LogP contribution in [0.25, 0.3) is 11.3 Å². The predicted octanol–water partition coefficient (Wildman–Crippen LogP) is 2.98. The van der Waals surface area contributed by atoms with E-state index in [4.69, 9.17) is 11.6 Å². The maximum atomic E-state index is 13.7. The minimum Gasteiger partial charge on any atom is -0.379 e. The summed E-state index contributed by atoms with van der Waals surface area (Å²) in [5.41, 5.74) is -1.86. The van der Waals surface area contributed by atoms with Gasteiger partial charge in [-0.15, -0.1) is 0 Å². The molecule has 0 spiro atoms. The Kier molecular flexibility index (Phi) is 8.69. The Morgan fingerprint density at radius 2 is 1.91 bits per heavy atom. The van der Waals surface area contributed by atoms with E-state index in [9.17, 15) is 32.7 Å². The van der Waals surface area contributed by atoms with Gasteiger partial charge in [0, 0.05) is 70.2 Å². The maximum Gasteiger partial charge on any atom is 0.435 e. The molecule has 3 fully saturated rings. The first kappa shape index (κ1) is 32.2. The summed E-state index contributed by atoms with van der Waals surface area (Å²) in [5.74, 6) is -1.23. The molecule has 1 aromatic carbocycles. The van der Waals surface area contributed by atoms with Crippen LogP contribution in [0.2, 0.25) is 5.02 Å². The van der Waals surface area contributed by atoms with Crippen LogP contribution in [0.4, 0.5) is 18.9 Å². The number of nitrogens with zero attached hydrogens (tertiary/aromatic N) is 6. The van der Waals surface area contributed by atoms with E-state index in [0.717, 1.165) is 12.8 Å². The molecule has 46 heavy (non-hydrogen) atoms. The number of carbonyl (C=O) groups excluding carboxylic acids is 3.